The zero-order valence-electron chi connectivity index (χ0n) is 15.1. The maximum atomic E-state index is 12.5. The van der Waals surface area contributed by atoms with Crippen LogP contribution in [0.3, 0.4) is 0 Å². The summed E-state index contributed by atoms with van der Waals surface area (Å²) in [6, 6.07) is 7.00. The zero-order chi connectivity index (χ0) is 17.4. The highest BCUT2D eigenvalue weighted by Gasteiger charge is 2.15. The van der Waals surface area contributed by atoms with Gasteiger partial charge < -0.3 is 10.2 Å². The van der Waals surface area contributed by atoms with E-state index in [0.29, 0.717) is 23.1 Å². The number of carbonyl (C=O) groups is 2. The minimum Gasteiger partial charge on any atom is -0.325 e. The number of hydrogen-bond acceptors (Lipinski definition) is 2. The molecule has 1 aromatic rings. The van der Waals surface area contributed by atoms with Crippen molar-refractivity contribution in [2.45, 2.75) is 47.5 Å². The number of rotatable bonds is 8. The molecule has 0 bridgehead atoms. The molecule has 1 rings (SSSR count). The van der Waals surface area contributed by atoms with Crippen molar-refractivity contribution in [3.8, 4) is 0 Å². The summed E-state index contributed by atoms with van der Waals surface area (Å²) in [6.07, 6.45) is 1.97. The second-order valence-electron chi connectivity index (χ2n) is 6.92. The number of nitrogens with one attached hydrogen (secondary N) is 1. The molecular formula is C19H30N2O2. The number of anilines is 1. The van der Waals surface area contributed by atoms with Crippen LogP contribution in [-0.4, -0.2) is 29.8 Å². The van der Waals surface area contributed by atoms with Crippen LogP contribution in [0.5, 0.6) is 0 Å². The Balaban J connectivity index is 2.74. The van der Waals surface area contributed by atoms with Crippen LogP contribution >= 0.6 is 0 Å². The third-order valence-electron chi connectivity index (χ3n) is 3.76. The van der Waals surface area contributed by atoms with Gasteiger partial charge in [-0.25, -0.2) is 4.79 Å². The molecule has 4 heteroatoms. The van der Waals surface area contributed by atoms with Gasteiger partial charge in [0.2, 0.25) is 0 Å². The highest BCUT2D eigenvalue weighted by molar-refractivity contribution is 5.96. The summed E-state index contributed by atoms with van der Waals surface area (Å²) in [5.74, 6) is 1.12. The van der Waals surface area contributed by atoms with Gasteiger partial charge in [0.1, 0.15) is 0 Å². The minimum atomic E-state index is -0.0907. The third kappa shape index (κ3) is 7.31. The van der Waals surface area contributed by atoms with Crippen molar-refractivity contribution in [1.29, 1.82) is 0 Å². The van der Waals surface area contributed by atoms with E-state index in [1.54, 1.807) is 18.2 Å². The van der Waals surface area contributed by atoms with Gasteiger partial charge in [0.25, 0.3) is 0 Å². The van der Waals surface area contributed by atoms with Gasteiger partial charge in [-0.1, -0.05) is 39.8 Å². The monoisotopic (exact) mass is 318 g/mol. The van der Waals surface area contributed by atoms with Gasteiger partial charge in [0, 0.05) is 24.3 Å². The van der Waals surface area contributed by atoms with Crippen LogP contribution in [0.4, 0.5) is 10.5 Å². The summed E-state index contributed by atoms with van der Waals surface area (Å²) in [5.41, 5.74) is 1.28. The molecule has 0 atom stereocenters. The van der Waals surface area contributed by atoms with E-state index in [2.05, 4.69) is 33.0 Å². The fourth-order valence-corrected chi connectivity index (χ4v) is 2.16. The van der Waals surface area contributed by atoms with Crippen molar-refractivity contribution in [3.05, 3.63) is 29.8 Å². The number of benzene rings is 1. The smallest absolute Gasteiger partial charge is 0.321 e. The van der Waals surface area contributed by atoms with Gasteiger partial charge in [-0.3, -0.25) is 4.79 Å². The Morgan fingerprint density at radius 2 is 1.61 bits per heavy atom. The lowest BCUT2D eigenvalue weighted by Gasteiger charge is -2.25. The lowest BCUT2D eigenvalue weighted by atomic mass is 10.1. The Labute approximate surface area is 140 Å². The number of Topliss-reactive ketones (excluding diaryl/α,β-unsaturated/α-hetero) is 1. The highest BCUT2D eigenvalue weighted by atomic mass is 16.2. The van der Waals surface area contributed by atoms with E-state index in [1.165, 1.54) is 6.92 Å². The molecule has 0 aliphatic carbocycles. The first kappa shape index (κ1) is 19.2. The minimum absolute atomic E-state index is 0.00225. The molecule has 0 fully saturated rings. The molecule has 128 valence electrons. The molecule has 23 heavy (non-hydrogen) atoms. The Hall–Kier alpha value is -1.84. The van der Waals surface area contributed by atoms with Gasteiger partial charge in [0.05, 0.1) is 0 Å². The Morgan fingerprint density at radius 1 is 1.04 bits per heavy atom. The van der Waals surface area contributed by atoms with Crippen LogP contribution in [-0.2, 0) is 0 Å². The molecule has 2 amide bonds. The summed E-state index contributed by atoms with van der Waals surface area (Å²) >= 11 is 0. The van der Waals surface area contributed by atoms with Crippen molar-refractivity contribution in [3.63, 3.8) is 0 Å². The van der Waals surface area contributed by atoms with Gasteiger partial charge in [0.15, 0.2) is 5.78 Å². The molecule has 0 aromatic heterocycles. The van der Waals surface area contributed by atoms with Gasteiger partial charge in [-0.15, -0.1) is 0 Å². The molecule has 0 heterocycles. The van der Waals surface area contributed by atoms with E-state index >= 15 is 0 Å². The largest absolute Gasteiger partial charge is 0.325 e. The first-order chi connectivity index (χ1) is 10.8. The normalized spacial score (nSPS) is 10.9. The van der Waals surface area contributed by atoms with Crippen molar-refractivity contribution < 1.29 is 9.59 Å². The molecule has 0 saturated heterocycles. The Bertz CT molecular complexity index is 512. The van der Waals surface area contributed by atoms with E-state index < -0.39 is 0 Å². The number of hydrogen-bond donors (Lipinski definition) is 1. The fourth-order valence-electron chi connectivity index (χ4n) is 2.16. The van der Waals surface area contributed by atoms with Crippen LogP contribution in [0.1, 0.15) is 57.8 Å². The lowest BCUT2D eigenvalue weighted by Crippen LogP contribution is -2.37. The molecule has 1 N–H and O–H groups in total. The van der Waals surface area contributed by atoms with E-state index in [-0.39, 0.29) is 11.8 Å². The quantitative estimate of drug-likeness (QED) is 0.699. The molecule has 0 aliphatic rings. The second-order valence-corrected chi connectivity index (χ2v) is 6.92. The average molecular weight is 318 g/mol. The van der Waals surface area contributed by atoms with Crippen LogP contribution in [0, 0.1) is 11.8 Å². The molecule has 4 nitrogen and oxygen atoms in total. The molecule has 0 saturated carbocycles. The summed E-state index contributed by atoms with van der Waals surface area (Å²) < 4.78 is 0. The molecular weight excluding hydrogens is 288 g/mol. The van der Waals surface area contributed by atoms with E-state index in [4.69, 9.17) is 0 Å². The predicted octanol–water partition coefficient (Wildman–Crippen LogP) is 4.82. The maximum absolute atomic E-state index is 12.5. The summed E-state index contributed by atoms with van der Waals surface area (Å²) in [5, 5.41) is 2.92. The van der Waals surface area contributed by atoms with Crippen molar-refractivity contribution >= 4 is 17.5 Å². The molecule has 0 unspecified atom stereocenters. The van der Waals surface area contributed by atoms with E-state index in [0.717, 1.165) is 25.9 Å². The van der Waals surface area contributed by atoms with Crippen LogP contribution in [0.15, 0.2) is 24.3 Å². The maximum Gasteiger partial charge on any atom is 0.321 e. The van der Waals surface area contributed by atoms with Gasteiger partial charge in [-0.2, -0.15) is 0 Å². The molecule has 0 radical (unpaired) electrons. The van der Waals surface area contributed by atoms with Crippen molar-refractivity contribution in [2.75, 3.05) is 18.4 Å². The van der Waals surface area contributed by atoms with Crippen LogP contribution in [0.2, 0.25) is 0 Å². The van der Waals surface area contributed by atoms with Crippen LogP contribution < -0.4 is 5.32 Å². The third-order valence-corrected chi connectivity index (χ3v) is 3.76. The standard InChI is InChI=1S/C19H30N2O2/c1-14(2)9-11-21(12-10-15(3)4)19(23)20-18-8-6-7-17(13-18)16(5)22/h6-8,13-15H,9-12H2,1-5H3,(H,20,23). The van der Waals surface area contributed by atoms with Crippen LogP contribution in [0.25, 0.3) is 0 Å². The first-order valence-corrected chi connectivity index (χ1v) is 8.46. The topological polar surface area (TPSA) is 49.4 Å². The zero-order valence-corrected chi connectivity index (χ0v) is 15.1. The summed E-state index contributed by atoms with van der Waals surface area (Å²) in [4.78, 5) is 25.9. The number of carbonyl (C=O) groups excluding carboxylic acids is 2. The Kier molecular flexibility index (Phi) is 7.79. The van der Waals surface area contributed by atoms with Crippen molar-refractivity contribution in [2.24, 2.45) is 11.8 Å². The SMILES string of the molecule is CC(=O)c1cccc(NC(=O)N(CCC(C)C)CCC(C)C)c1. The average Bonchev–Trinajstić information content (AvgIpc) is 2.46. The lowest BCUT2D eigenvalue weighted by molar-refractivity contribution is 0.101. The number of ketones is 1. The first-order valence-electron chi connectivity index (χ1n) is 8.46. The number of urea groups is 1. The Morgan fingerprint density at radius 3 is 2.09 bits per heavy atom. The van der Waals surface area contributed by atoms with E-state index in [1.807, 2.05) is 11.0 Å². The van der Waals surface area contributed by atoms with Gasteiger partial charge >= 0.3 is 6.03 Å². The van der Waals surface area contributed by atoms with Gasteiger partial charge in [-0.05, 0) is 43.7 Å². The summed E-state index contributed by atoms with van der Waals surface area (Å²) in [7, 11) is 0. The molecule has 1 aromatic carbocycles. The van der Waals surface area contributed by atoms with Crippen molar-refractivity contribution in [1.82, 2.24) is 4.90 Å². The molecule has 0 aliphatic heterocycles. The number of nitrogens with zero attached hydrogens (tertiary/aromatic N) is 1. The molecule has 0 spiro atoms. The summed E-state index contributed by atoms with van der Waals surface area (Å²) in [6.45, 7) is 11.7. The second kappa shape index (κ2) is 9.33. The fraction of sp³-hybridized carbons (Fsp3) is 0.579. The predicted molar refractivity (Wildman–Crippen MR) is 95.9 cm³/mol. The van der Waals surface area contributed by atoms with E-state index in [9.17, 15) is 9.59 Å². The highest BCUT2D eigenvalue weighted by Crippen LogP contribution is 2.13. The number of amides is 2.